The number of piperidine rings is 1. The predicted molar refractivity (Wildman–Crippen MR) is 68.5 cm³/mol. The summed E-state index contributed by atoms with van der Waals surface area (Å²) in [6.45, 7) is 7.62. The van der Waals surface area contributed by atoms with E-state index in [9.17, 15) is 0 Å². The lowest BCUT2D eigenvalue weighted by molar-refractivity contribution is 0.0489. The Hall–Kier alpha value is -0.300. The Labute approximate surface area is 99.9 Å². The third kappa shape index (κ3) is 1.55. The summed E-state index contributed by atoms with van der Waals surface area (Å²) < 4.78 is 0. The fraction of sp³-hybridized carbons (Fsp3) is 0.867. The van der Waals surface area contributed by atoms with Gasteiger partial charge in [-0.15, -0.1) is 0 Å². The first kappa shape index (κ1) is 10.8. The van der Waals surface area contributed by atoms with Crippen LogP contribution in [0.3, 0.4) is 0 Å². The molecule has 0 saturated carbocycles. The zero-order chi connectivity index (χ0) is 11.2. The minimum atomic E-state index is 0.459. The maximum Gasteiger partial charge on any atom is 0.0395 e. The molecule has 0 aromatic rings. The third-order valence-corrected chi connectivity index (χ3v) is 5.27. The van der Waals surface area contributed by atoms with Gasteiger partial charge in [0.2, 0.25) is 0 Å². The molecule has 0 N–H and O–H groups in total. The molecule has 0 bridgehead atoms. The summed E-state index contributed by atoms with van der Waals surface area (Å²) in [6.07, 6.45) is 9.92. The van der Waals surface area contributed by atoms with E-state index in [0.717, 1.165) is 5.92 Å². The van der Waals surface area contributed by atoms with Crippen molar-refractivity contribution in [1.29, 1.82) is 0 Å². The molecular formula is C15H25N. The van der Waals surface area contributed by atoms with Gasteiger partial charge in [-0.3, -0.25) is 4.90 Å². The second kappa shape index (κ2) is 3.87. The van der Waals surface area contributed by atoms with E-state index < -0.39 is 0 Å². The molecule has 0 unspecified atom stereocenters. The van der Waals surface area contributed by atoms with Gasteiger partial charge < -0.3 is 0 Å². The molecule has 16 heavy (non-hydrogen) atoms. The van der Waals surface area contributed by atoms with E-state index in [-0.39, 0.29) is 0 Å². The molecule has 1 aliphatic carbocycles. The van der Waals surface area contributed by atoms with Gasteiger partial charge in [0, 0.05) is 18.6 Å². The molecule has 1 saturated heterocycles. The highest BCUT2D eigenvalue weighted by Crippen LogP contribution is 2.46. The van der Waals surface area contributed by atoms with E-state index in [4.69, 9.17) is 0 Å². The molecule has 3 aliphatic rings. The van der Waals surface area contributed by atoms with Crippen molar-refractivity contribution in [1.82, 2.24) is 4.90 Å². The van der Waals surface area contributed by atoms with Crippen LogP contribution >= 0.6 is 0 Å². The molecule has 90 valence electrons. The van der Waals surface area contributed by atoms with E-state index in [1.165, 1.54) is 58.0 Å². The molecule has 1 fully saturated rings. The van der Waals surface area contributed by atoms with E-state index in [1.807, 2.05) is 11.1 Å². The fourth-order valence-electron chi connectivity index (χ4n) is 4.20. The van der Waals surface area contributed by atoms with Gasteiger partial charge in [0.05, 0.1) is 0 Å². The Morgan fingerprint density at radius 3 is 2.88 bits per heavy atom. The summed E-state index contributed by atoms with van der Waals surface area (Å²) in [5, 5.41) is 0. The SMILES string of the molecule is C[C@@H]1CC[C@]2(C)C3=C(CCCC3)CCN2C1. The first-order chi connectivity index (χ1) is 7.70. The smallest absolute Gasteiger partial charge is 0.0395 e. The zero-order valence-electron chi connectivity index (χ0n) is 10.9. The van der Waals surface area contributed by atoms with Gasteiger partial charge in [-0.25, -0.2) is 0 Å². The van der Waals surface area contributed by atoms with Gasteiger partial charge in [-0.05, 0) is 57.8 Å². The predicted octanol–water partition coefficient (Wildman–Crippen LogP) is 3.75. The van der Waals surface area contributed by atoms with Gasteiger partial charge in [-0.1, -0.05) is 18.1 Å². The van der Waals surface area contributed by atoms with Gasteiger partial charge in [0.15, 0.2) is 0 Å². The molecule has 3 rings (SSSR count). The van der Waals surface area contributed by atoms with E-state index >= 15 is 0 Å². The number of hydrogen-bond acceptors (Lipinski definition) is 1. The zero-order valence-corrected chi connectivity index (χ0v) is 10.9. The molecule has 1 nitrogen and oxygen atoms in total. The first-order valence-corrected chi connectivity index (χ1v) is 7.16. The van der Waals surface area contributed by atoms with Crippen molar-refractivity contribution < 1.29 is 0 Å². The third-order valence-electron chi connectivity index (χ3n) is 5.27. The van der Waals surface area contributed by atoms with Crippen molar-refractivity contribution in [3.63, 3.8) is 0 Å². The van der Waals surface area contributed by atoms with Crippen LogP contribution in [-0.4, -0.2) is 23.5 Å². The monoisotopic (exact) mass is 219 g/mol. The first-order valence-electron chi connectivity index (χ1n) is 7.16. The Morgan fingerprint density at radius 1 is 1.19 bits per heavy atom. The van der Waals surface area contributed by atoms with Crippen molar-refractivity contribution in [2.75, 3.05) is 13.1 Å². The maximum atomic E-state index is 2.80. The summed E-state index contributed by atoms with van der Waals surface area (Å²) in [7, 11) is 0. The highest BCUT2D eigenvalue weighted by molar-refractivity contribution is 5.31. The topological polar surface area (TPSA) is 3.24 Å². The lowest BCUT2D eigenvalue weighted by Crippen LogP contribution is -2.56. The van der Waals surface area contributed by atoms with Crippen LogP contribution in [-0.2, 0) is 0 Å². The molecule has 2 atom stereocenters. The lowest BCUT2D eigenvalue weighted by atomic mass is 9.70. The van der Waals surface area contributed by atoms with E-state index in [2.05, 4.69) is 18.7 Å². The minimum absolute atomic E-state index is 0.459. The van der Waals surface area contributed by atoms with Crippen molar-refractivity contribution in [2.45, 2.75) is 64.3 Å². The van der Waals surface area contributed by atoms with Crippen LogP contribution < -0.4 is 0 Å². The van der Waals surface area contributed by atoms with Crippen LogP contribution in [0.5, 0.6) is 0 Å². The van der Waals surface area contributed by atoms with Crippen molar-refractivity contribution in [3.8, 4) is 0 Å². The van der Waals surface area contributed by atoms with Gasteiger partial charge in [0.1, 0.15) is 0 Å². The van der Waals surface area contributed by atoms with Crippen molar-refractivity contribution in [3.05, 3.63) is 11.1 Å². The quantitative estimate of drug-likeness (QED) is 0.561. The Balaban J connectivity index is 1.93. The van der Waals surface area contributed by atoms with Crippen molar-refractivity contribution >= 4 is 0 Å². The van der Waals surface area contributed by atoms with E-state index in [1.54, 1.807) is 0 Å². The molecule has 0 aromatic carbocycles. The van der Waals surface area contributed by atoms with Gasteiger partial charge in [-0.2, -0.15) is 0 Å². The lowest BCUT2D eigenvalue weighted by Gasteiger charge is -2.53. The summed E-state index contributed by atoms with van der Waals surface area (Å²) in [6, 6.07) is 0. The molecular weight excluding hydrogens is 194 g/mol. The summed E-state index contributed by atoms with van der Waals surface area (Å²) in [5.41, 5.74) is 4.16. The van der Waals surface area contributed by atoms with Crippen LogP contribution in [0.25, 0.3) is 0 Å². The standard InChI is InChI=1S/C15H25N/c1-12-7-9-15(2)14-6-4-3-5-13(14)8-10-16(15)11-12/h12H,3-11H2,1-2H3/t12-,15-/m1/s1. The van der Waals surface area contributed by atoms with Crippen LogP contribution in [0.1, 0.15) is 58.8 Å². The molecule has 0 amide bonds. The van der Waals surface area contributed by atoms with E-state index in [0.29, 0.717) is 5.54 Å². The van der Waals surface area contributed by atoms with Crippen LogP contribution in [0.4, 0.5) is 0 Å². The Morgan fingerprint density at radius 2 is 2.00 bits per heavy atom. The largest absolute Gasteiger partial charge is 0.294 e. The fourth-order valence-corrected chi connectivity index (χ4v) is 4.20. The minimum Gasteiger partial charge on any atom is -0.294 e. The molecule has 0 aromatic heterocycles. The Bertz CT molecular complexity index is 317. The molecule has 2 aliphatic heterocycles. The normalized spacial score (nSPS) is 40.5. The number of nitrogens with zero attached hydrogens (tertiary/aromatic N) is 1. The Kier molecular flexibility index (Phi) is 2.62. The molecule has 0 radical (unpaired) electrons. The average Bonchev–Trinajstić information content (AvgIpc) is 2.31. The number of fused-ring (bicyclic) bond motifs is 2. The van der Waals surface area contributed by atoms with Crippen molar-refractivity contribution in [2.24, 2.45) is 5.92 Å². The average molecular weight is 219 g/mol. The van der Waals surface area contributed by atoms with Crippen LogP contribution in [0.15, 0.2) is 11.1 Å². The van der Waals surface area contributed by atoms with Gasteiger partial charge >= 0.3 is 0 Å². The highest BCUT2D eigenvalue weighted by Gasteiger charge is 2.43. The summed E-state index contributed by atoms with van der Waals surface area (Å²) >= 11 is 0. The second-order valence-corrected chi connectivity index (χ2v) is 6.40. The summed E-state index contributed by atoms with van der Waals surface area (Å²) in [4.78, 5) is 2.80. The highest BCUT2D eigenvalue weighted by atomic mass is 15.2. The maximum absolute atomic E-state index is 2.80. The number of hydrogen-bond donors (Lipinski definition) is 0. The number of rotatable bonds is 0. The second-order valence-electron chi connectivity index (χ2n) is 6.40. The summed E-state index contributed by atoms with van der Waals surface area (Å²) in [5.74, 6) is 0.916. The van der Waals surface area contributed by atoms with Crippen LogP contribution in [0.2, 0.25) is 0 Å². The molecule has 2 heterocycles. The molecule has 0 spiro atoms. The van der Waals surface area contributed by atoms with Crippen LogP contribution in [0, 0.1) is 5.92 Å². The molecule has 1 heteroatoms. The van der Waals surface area contributed by atoms with Gasteiger partial charge in [0.25, 0.3) is 0 Å².